The molecular weight excluding hydrogens is 264 g/mol. The van der Waals surface area contributed by atoms with Crippen LogP contribution < -0.4 is 15.5 Å². The molecule has 0 bridgehead atoms. The number of nitrogens with two attached hydrogens (primary N) is 1. The van der Waals surface area contributed by atoms with Crippen LogP contribution in [0.3, 0.4) is 0 Å². The highest BCUT2D eigenvalue weighted by atomic mass is 15.4. The molecule has 0 amide bonds. The molecule has 1 aliphatic heterocycles. The van der Waals surface area contributed by atoms with Gasteiger partial charge in [-0.25, -0.2) is 0 Å². The van der Waals surface area contributed by atoms with E-state index in [0.29, 0.717) is 23.9 Å². The van der Waals surface area contributed by atoms with Gasteiger partial charge in [0.05, 0.1) is 0 Å². The summed E-state index contributed by atoms with van der Waals surface area (Å²) in [5.41, 5.74) is 5.89. The maximum absolute atomic E-state index is 5.89. The first-order valence-corrected chi connectivity index (χ1v) is 7.96. The standard InChI is InChI=1S/C15H28N6/c1-11(2)10-12(3)20(4)14-17-13(16)18-15(19-14)21-8-6-5-7-9-21/h11-12H,5-10H2,1-4H3,(H2,16,17,18,19). The van der Waals surface area contributed by atoms with Crippen molar-refractivity contribution >= 4 is 17.8 Å². The molecule has 1 aromatic rings. The van der Waals surface area contributed by atoms with Crippen LogP contribution >= 0.6 is 0 Å². The second-order valence-electron chi connectivity index (χ2n) is 6.43. The van der Waals surface area contributed by atoms with E-state index in [1.165, 1.54) is 19.3 Å². The Balaban J connectivity index is 2.17. The fourth-order valence-electron chi connectivity index (χ4n) is 2.80. The average molecular weight is 292 g/mol. The average Bonchev–Trinajstić information content (AvgIpc) is 2.46. The zero-order chi connectivity index (χ0) is 15.4. The van der Waals surface area contributed by atoms with E-state index < -0.39 is 0 Å². The van der Waals surface area contributed by atoms with Gasteiger partial charge in [0, 0.05) is 26.2 Å². The van der Waals surface area contributed by atoms with Crippen molar-refractivity contribution < 1.29 is 0 Å². The van der Waals surface area contributed by atoms with Crippen molar-refractivity contribution in [1.82, 2.24) is 15.0 Å². The fourth-order valence-corrected chi connectivity index (χ4v) is 2.80. The molecule has 0 saturated carbocycles. The summed E-state index contributed by atoms with van der Waals surface area (Å²) in [5.74, 6) is 2.35. The van der Waals surface area contributed by atoms with E-state index in [1.54, 1.807) is 0 Å². The van der Waals surface area contributed by atoms with Crippen LogP contribution in [-0.2, 0) is 0 Å². The number of anilines is 3. The predicted octanol–water partition coefficient (Wildman–Crippen LogP) is 2.31. The third-order valence-corrected chi connectivity index (χ3v) is 4.06. The molecule has 0 aromatic carbocycles. The van der Waals surface area contributed by atoms with Crippen LogP contribution in [0.15, 0.2) is 0 Å². The summed E-state index contributed by atoms with van der Waals surface area (Å²) in [4.78, 5) is 17.6. The van der Waals surface area contributed by atoms with Crippen LogP contribution in [0.5, 0.6) is 0 Å². The lowest BCUT2D eigenvalue weighted by atomic mass is 10.0. The third-order valence-electron chi connectivity index (χ3n) is 4.06. The first kappa shape index (κ1) is 15.8. The molecule has 0 aliphatic carbocycles. The van der Waals surface area contributed by atoms with Gasteiger partial charge >= 0.3 is 0 Å². The molecule has 118 valence electrons. The summed E-state index contributed by atoms with van der Waals surface area (Å²) in [7, 11) is 2.03. The molecular formula is C15H28N6. The Morgan fingerprint density at radius 2 is 1.76 bits per heavy atom. The first-order valence-electron chi connectivity index (χ1n) is 7.96. The Bertz CT molecular complexity index is 455. The minimum atomic E-state index is 0.309. The van der Waals surface area contributed by atoms with Crippen LogP contribution in [0.25, 0.3) is 0 Å². The van der Waals surface area contributed by atoms with Gasteiger partial charge in [0.2, 0.25) is 17.8 Å². The highest BCUT2D eigenvalue weighted by Gasteiger charge is 2.19. The smallest absolute Gasteiger partial charge is 0.231 e. The van der Waals surface area contributed by atoms with Crippen molar-refractivity contribution in [3.05, 3.63) is 0 Å². The summed E-state index contributed by atoms with van der Waals surface area (Å²) >= 11 is 0. The number of aromatic nitrogens is 3. The second kappa shape index (κ2) is 6.91. The number of rotatable bonds is 5. The van der Waals surface area contributed by atoms with Gasteiger partial charge in [0.15, 0.2) is 0 Å². The number of nitrogen functional groups attached to an aromatic ring is 1. The third kappa shape index (κ3) is 4.19. The summed E-state index contributed by atoms with van der Waals surface area (Å²) in [6, 6.07) is 0.376. The topological polar surface area (TPSA) is 71.2 Å². The SMILES string of the molecule is CC(C)CC(C)N(C)c1nc(N)nc(N2CCCCC2)n1. The largest absolute Gasteiger partial charge is 0.368 e. The maximum Gasteiger partial charge on any atom is 0.231 e. The molecule has 21 heavy (non-hydrogen) atoms. The molecule has 1 saturated heterocycles. The zero-order valence-corrected chi connectivity index (χ0v) is 13.7. The second-order valence-corrected chi connectivity index (χ2v) is 6.43. The van der Waals surface area contributed by atoms with Crippen molar-refractivity contribution in [1.29, 1.82) is 0 Å². The van der Waals surface area contributed by atoms with Gasteiger partial charge < -0.3 is 15.5 Å². The van der Waals surface area contributed by atoms with Crippen LogP contribution in [0.2, 0.25) is 0 Å². The van der Waals surface area contributed by atoms with E-state index in [1.807, 2.05) is 7.05 Å². The van der Waals surface area contributed by atoms with E-state index in [-0.39, 0.29) is 0 Å². The summed E-state index contributed by atoms with van der Waals surface area (Å²) < 4.78 is 0. The van der Waals surface area contributed by atoms with Crippen molar-refractivity contribution in [2.24, 2.45) is 5.92 Å². The molecule has 1 unspecified atom stereocenters. The quantitative estimate of drug-likeness (QED) is 0.898. The Morgan fingerprint density at radius 1 is 1.10 bits per heavy atom. The number of piperidine rings is 1. The van der Waals surface area contributed by atoms with Crippen molar-refractivity contribution in [3.63, 3.8) is 0 Å². The highest BCUT2D eigenvalue weighted by Crippen LogP contribution is 2.21. The molecule has 0 spiro atoms. The van der Waals surface area contributed by atoms with Gasteiger partial charge in [-0.05, 0) is 38.5 Å². The van der Waals surface area contributed by atoms with Gasteiger partial charge in [-0.1, -0.05) is 13.8 Å². The van der Waals surface area contributed by atoms with Crippen LogP contribution in [0.1, 0.15) is 46.5 Å². The maximum atomic E-state index is 5.89. The number of nitrogens with zero attached hydrogens (tertiary/aromatic N) is 5. The number of hydrogen-bond acceptors (Lipinski definition) is 6. The molecule has 6 heteroatoms. The van der Waals surface area contributed by atoms with Crippen molar-refractivity contribution in [3.8, 4) is 0 Å². The van der Waals surface area contributed by atoms with Crippen LogP contribution in [0.4, 0.5) is 17.8 Å². The van der Waals surface area contributed by atoms with Crippen molar-refractivity contribution in [2.45, 2.75) is 52.5 Å². The van der Waals surface area contributed by atoms with E-state index in [0.717, 1.165) is 25.5 Å². The van der Waals surface area contributed by atoms with Crippen molar-refractivity contribution in [2.75, 3.05) is 35.7 Å². The molecule has 2 N–H and O–H groups in total. The lowest BCUT2D eigenvalue weighted by molar-refractivity contribution is 0.499. The number of hydrogen-bond donors (Lipinski definition) is 1. The normalized spacial score (nSPS) is 17.1. The molecule has 1 aliphatic rings. The minimum absolute atomic E-state index is 0.309. The summed E-state index contributed by atoms with van der Waals surface area (Å²) in [6.07, 6.45) is 4.78. The molecule has 6 nitrogen and oxygen atoms in total. The first-order chi connectivity index (χ1) is 9.97. The summed E-state index contributed by atoms with van der Waals surface area (Å²) in [6.45, 7) is 8.67. The molecule has 1 atom stereocenters. The monoisotopic (exact) mass is 292 g/mol. The predicted molar refractivity (Wildman–Crippen MR) is 87.6 cm³/mol. The van der Waals surface area contributed by atoms with E-state index >= 15 is 0 Å². The van der Waals surface area contributed by atoms with Crippen LogP contribution in [0, 0.1) is 5.92 Å². The van der Waals surface area contributed by atoms with Gasteiger partial charge in [-0.2, -0.15) is 15.0 Å². The zero-order valence-electron chi connectivity index (χ0n) is 13.7. The minimum Gasteiger partial charge on any atom is -0.368 e. The Kier molecular flexibility index (Phi) is 5.20. The lowest BCUT2D eigenvalue weighted by Gasteiger charge is -2.29. The molecule has 2 heterocycles. The molecule has 1 fully saturated rings. The Labute approximate surface area is 127 Å². The molecule has 2 rings (SSSR count). The summed E-state index contributed by atoms with van der Waals surface area (Å²) in [5, 5.41) is 0. The van der Waals surface area contributed by atoms with E-state index in [9.17, 15) is 0 Å². The highest BCUT2D eigenvalue weighted by molar-refractivity contribution is 5.43. The Morgan fingerprint density at radius 3 is 2.38 bits per heavy atom. The van der Waals surface area contributed by atoms with E-state index in [4.69, 9.17) is 5.73 Å². The Hall–Kier alpha value is -1.59. The van der Waals surface area contributed by atoms with Gasteiger partial charge in [-0.15, -0.1) is 0 Å². The fraction of sp³-hybridized carbons (Fsp3) is 0.800. The lowest BCUT2D eigenvalue weighted by Crippen LogP contribution is -2.34. The molecule has 1 aromatic heterocycles. The molecule has 0 radical (unpaired) electrons. The van der Waals surface area contributed by atoms with Gasteiger partial charge in [0.1, 0.15) is 0 Å². The van der Waals surface area contributed by atoms with Crippen LogP contribution in [-0.4, -0.2) is 41.1 Å². The van der Waals surface area contributed by atoms with E-state index in [2.05, 4.69) is 45.5 Å². The van der Waals surface area contributed by atoms with Gasteiger partial charge in [0.25, 0.3) is 0 Å². The van der Waals surface area contributed by atoms with Gasteiger partial charge in [-0.3, -0.25) is 0 Å².